The van der Waals surface area contributed by atoms with E-state index in [0.29, 0.717) is 4.90 Å². The third kappa shape index (κ3) is 2.30. The Morgan fingerprint density at radius 1 is 1.50 bits per heavy atom. The van der Waals surface area contributed by atoms with Crippen molar-refractivity contribution < 1.29 is 62.2 Å². The van der Waals surface area contributed by atoms with Crippen LogP contribution in [-0.4, -0.2) is 60.3 Å². The Morgan fingerprint density at radius 3 is 2.45 bits per heavy atom. The molecule has 0 radical (unpaired) electrons. The van der Waals surface area contributed by atoms with E-state index >= 15 is 0 Å². The smallest absolute Gasteiger partial charge is 0.548 e. The van der Waals surface area contributed by atoms with Crippen LogP contribution in [0.3, 0.4) is 0 Å². The van der Waals surface area contributed by atoms with Crippen LogP contribution in [-0.2, 0) is 29.0 Å². The summed E-state index contributed by atoms with van der Waals surface area (Å²) in [6.07, 6.45) is 0.743. The third-order valence-corrected chi connectivity index (χ3v) is 7.21. The van der Waals surface area contributed by atoms with Crippen molar-refractivity contribution in [2.24, 2.45) is 0 Å². The fourth-order valence-corrected chi connectivity index (χ4v) is 5.36. The van der Waals surface area contributed by atoms with Crippen molar-refractivity contribution in [3.05, 3.63) is 11.6 Å². The van der Waals surface area contributed by atoms with Gasteiger partial charge in [0.2, 0.25) is 0 Å². The Bertz CT molecular complexity index is 676. The van der Waals surface area contributed by atoms with Crippen LogP contribution in [0.4, 0.5) is 0 Å². The molecule has 22 heavy (non-hydrogen) atoms. The number of sulfone groups is 1. The number of alkyl halides is 1. The van der Waals surface area contributed by atoms with Crippen LogP contribution in [0.5, 0.6) is 0 Å². The summed E-state index contributed by atoms with van der Waals surface area (Å²) >= 11 is 5.64. The van der Waals surface area contributed by atoms with Crippen molar-refractivity contribution in [3.63, 3.8) is 0 Å². The van der Waals surface area contributed by atoms with Gasteiger partial charge in [-0.2, -0.15) is 0 Å². The van der Waals surface area contributed by atoms with Gasteiger partial charge in [0.05, 0.1) is 24.7 Å². The number of amides is 1. The van der Waals surface area contributed by atoms with Crippen LogP contribution >= 0.6 is 11.6 Å². The zero-order valence-corrected chi connectivity index (χ0v) is 15.6. The van der Waals surface area contributed by atoms with Gasteiger partial charge in [0.1, 0.15) is 4.75 Å². The predicted molar refractivity (Wildman–Crippen MR) is 67.6 cm³/mol. The number of nitrogens with zero attached hydrogens (tertiary/aromatic N) is 1. The van der Waals surface area contributed by atoms with E-state index in [1.54, 1.807) is 0 Å². The van der Waals surface area contributed by atoms with Gasteiger partial charge in [0.15, 0.2) is 15.2 Å². The molecule has 2 aliphatic heterocycles. The number of carboxylic acid groups (broad SMARTS) is 1. The number of methoxy groups -OCH3 is 1. The molecular formula is C11H11ClNNaO7S. The largest absolute Gasteiger partial charge is 1.00 e. The van der Waals surface area contributed by atoms with E-state index in [2.05, 4.69) is 4.74 Å². The molecule has 2 heterocycles. The molecule has 2 saturated heterocycles. The minimum absolute atomic E-state index is 0. The summed E-state index contributed by atoms with van der Waals surface area (Å²) in [7, 11) is -3.07. The van der Waals surface area contributed by atoms with Gasteiger partial charge < -0.3 is 19.5 Å². The van der Waals surface area contributed by atoms with Gasteiger partial charge in [0, 0.05) is 12.0 Å². The number of aliphatic carboxylic acids is 1. The Balaban J connectivity index is 0.00000242. The van der Waals surface area contributed by atoms with Crippen LogP contribution < -0.4 is 34.7 Å². The molecule has 0 aliphatic carbocycles. The van der Waals surface area contributed by atoms with E-state index in [9.17, 15) is 27.9 Å². The first kappa shape index (κ1) is 19.4. The van der Waals surface area contributed by atoms with Crippen molar-refractivity contribution in [1.82, 2.24) is 4.90 Å². The summed E-state index contributed by atoms with van der Waals surface area (Å²) in [4.78, 5) is 35.1. The van der Waals surface area contributed by atoms with Gasteiger partial charge in [0.25, 0.3) is 5.91 Å². The number of carbonyl (C=O) groups is 3. The van der Waals surface area contributed by atoms with E-state index in [1.165, 1.54) is 0 Å². The number of rotatable bonds is 3. The van der Waals surface area contributed by atoms with Gasteiger partial charge >= 0.3 is 35.5 Å². The fraction of sp³-hybridized carbons (Fsp3) is 0.545. The van der Waals surface area contributed by atoms with Crippen molar-refractivity contribution in [2.45, 2.75) is 23.1 Å². The molecule has 11 heteroatoms. The maximum absolute atomic E-state index is 12.5. The summed E-state index contributed by atoms with van der Waals surface area (Å²) in [6, 6.07) is -1.70. The molecule has 0 spiro atoms. The molecule has 3 atom stereocenters. The number of carbonyl (C=O) groups excluding carboxylic acids is 3. The maximum Gasteiger partial charge on any atom is 1.00 e. The van der Waals surface area contributed by atoms with Gasteiger partial charge in [-0.1, -0.05) is 0 Å². The van der Waals surface area contributed by atoms with Crippen molar-refractivity contribution in [1.29, 1.82) is 0 Å². The van der Waals surface area contributed by atoms with E-state index in [0.717, 1.165) is 20.1 Å². The van der Waals surface area contributed by atoms with E-state index in [-0.39, 0.29) is 35.1 Å². The average molecular weight is 360 g/mol. The summed E-state index contributed by atoms with van der Waals surface area (Å²) in [6.45, 7) is 1.14. The van der Waals surface area contributed by atoms with Crippen molar-refractivity contribution >= 4 is 39.3 Å². The summed E-state index contributed by atoms with van der Waals surface area (Å²) in [5.41, 5.74) is -0.332. The molecule has 0 aromatic rings. The first-order chi connectivity index (χ1) is 9.63. The van der Waals surface area contributed by atoms with E-state index in [4.69, 9.17) is 11.6 Å². The van der Waals surface area contributed by atoms with Gasteiger partial charge in [-0.3, -0.25) is 4.79 Å². The molecule has 0 saturated carbocycles. The third-order valence-electron chi connectivity index (χ3n) is 3.76. The molecule has 2 fully saturated rings. The first-order valence-corrected chi connectivity index (χ1v) is 7.84. The monoisotopic (exact) mass is 359 g/mol. The minimum atomic E-state index is -4.13. The summed E-state index contributed by atoms with van der Waals surface area (Å²) < 4.78 is 27.4. The quantitative estimate of drug-likeness (QED) is 0.162. The van der Waals surface area contributed by atoms with Gasteiger partial charge in [-0.15, -0.1) is 11.6 Å². The van der Waals surface area contributed by atoms with Gasteiger partial charge in [-0.25, -0.2) is 13.2 Å². The molecule has 116 valence electrons. The minimum Gasteiger partial charge on any atom is -0.548 e. The molecule has 2 rings (SSSR count). The van der Waals surface area contributed by atoms with Crippen LogP contribution in [0.25, 0.3) is 0 Å². The molecule has 1 amide bonds. The summed E-state index contributed by atoms with van der Waals surface area (Å²) in [5.74, 6) is -4.01. The molecular weight excluding hydrogens is 349 g/mol. The molecule has 0 N–H and O–H groups in total. The van der Waals surface area contributed by atoms with Crippen LogP contribution in [0.2, 0.25) is 0 Å². The number of ether oxygens (including phenoxy) is 1. The van der Waals surface area contributed by atoms with Crippen molar-refractivity contribution in [3.8, 4) is 0 Å². The number of hydrogen-bond acceptors (Lipinski definition) is 7. The number of β-lactam (4-membered cyclic amide) rings is 1. The van der Waals surface area contributed by atoms with Crippen LogP contribution in [0.15, 0.2) is 11.6 Å². The number of halogens is 1. The Morgan fingerprint density at radius 2 is 2.05 bits per heavy atom. The molecule has 0 aromatic carbocycles. The molecule has 1 unspecified atom stereocenters. The maximum atomic E-state index is 12.5. The van der Waals surface area contributed by atoms with E-state index < -0.39 is 49.7 Å². The van der Waals surface area contributed by atoms with Crippen molar-refractivity contribution in [2.75, 3.05) is 13.0 Å². The van der Waals surface area contributed by atoms with Crippen LogP contribution in [0, 0.1) is 0 Å². The number of fused-ring (bicyclic) bond motifs is 1. The first-order valence-electron chi connectivity index (χ1n) is 5.76. The van der Waals surface area contributed by atoms with Gasteiger partial charge in [-0.05, 0) is 6.92 Å². The van der Waals surface area contributed by atoms with E-state index in [1.807, 2.05) is 0 Å². The zero-order valence-electron chi connectivity index (χ0n) is 12.0. The SMILES string of the molecule is COC(=O)/C=C1/C(=O)N2C1S(=O)(=O)[C@@](C)(CCl)[C@@H]2C(=O)[O-].[Na+]. The summed E-state index contributed by atoms with van der Waals surface area (Å²) in [5, 5.41) is 9.73. The zero-order chi connectivity index (χ0) is 16.2. The second kappa shape index (κ2) is 6.12. The number of carboxylic acids is 1. The Labute approximate surface area is 153 Å². The second-order valence-corrected chi connectivity index (χ2v) is 7.64. The second-order valence-electron chi connectivity index (χ2n) is 4.90. The Kier molecular flexibility index (Phi) is 5.41. The fourth-order valence-electron chi connectivity index (χ4n) is 2.55. The number of hydrogen-bond donors (Lipinski definition) is 0. The standard InChI is InChI=1S/C11H12ClNO7S.Na/c1-11(4-12)7(10(16)17)13-8(15)5(3-6(14)20-2)9(13)21(11,18)19;/h3,7,9H,4H2,1-2H3,(H,16,17);/q;+1/p-1/b5-3-;/t7-,9?,11-;/m0./s1. The normalized spacial score (nSPS) is 33.7. The number of esters is 1. The Hall–Kier alpha value is -0.610. The molecule has 0 aromatic heterocycles. The molecule has 2 aliphatic rings. The average Bonchev–Trinajstić information content (AvgIpc) is 2.59. The van der Waals surface area contributed by atoms with Crippen LogP contribution in [0.1, 0.15) is 6.92 Å². The topological polar surface area (TPSA) is 121 Å². The predicted octanol–water partition coefficient (Wildman–Crippen LogP) is -5.20. The molecule has 8 nitrogen and oxygen atoms in total. The molecule has 0 bridgehead atoms.